The molecule has 0 bridgehead atoms. The minimum absolute atomic E-state index is 0.480. The van der Waals surface area contributed by atoms with Crippen molar-refractivity contribution in [3.8, 4) is 0 Å². The van der Waals surface area contributed by atoms with Crippen molar-refractivity contribution in [2.45, 2.75) is 38.6 Å². The first-order chi connectivity index (χ1) is 9.19. The quantitative estimate of drug-likeness (QED) is 0.841. The molecule has 1 aromatic rings. The molecule has 0 aliphatic carbocycles. The van der Waals surface area contributed by atoms with E-state index in [9.17, 15) is 0 Å². The Morgan fingerprint density at radius 3 is 2.47 bits per heavy atom. The minimum Gasteiger partial charge on any atom is -0.351 e. The van der Waals surface area contributed by atoms with E-state index in [-0.39, 0.29) is 0 Å². The fourth-order valence-electron chi connectivity index (χ4n) is 2.38. The van der Waals surface area contributed by atoms with Crippen molar-refractivity contribution in [2.24, 2.45) is 5.73 Å². The van der Waals surface area contributed by atoms with Crippen LogP contribution in [-0.4, -0.2) is 47.1 Å². The lowest BCUT2D eigenvalue weighted by molar-refractivity contribution is 0.224. The molecule has 0 amide bonds. The number of piperidine rings is 1. The number of nitrogens with one attached hydrogen (secondary N) is 1. The molecule has 19 heavy (non-hydrogen) atoms. The molecule has 5 heteroatoms. The molecular formula is C14H25N5. The van der Waals surface area contributed by atoms with E-state index in [1.807, 2.05) is 12.4 Å². The zero-order valence-corrected chi connectivity index (χ0v) is 12.0. The smallest absolute Gasteiger partial charge is 0.222 e. The molecule has 1 fully saturated rings. The van der Waals surface area contributed by atoms with E-state index in [1.165, 1.54) is 5.56 Å². The molecule has 1 aliphatic heterocycles. The van der Waals surface area contributed by atoms with E-state index < -0.39 is 0 Å². The van der Waals surface area contributed by atoms with Gasteiger partial charge in [-0.1, -0.05) is 13.8 Å². The van der Waals surface area contributed by atoms with Crippen molar-refractivity contribution in [1.82, 2.24) is 14.9 Å². The van der Waals surface area contributed by atoms with E-state index in [0.717, 1.165) is 45.0 Å². The van der Waals surface area contributed by atoms with Crippen LogP contribution in [0.1, 0.15) is 38.2 Å². The summed E-state index contributed by atoms with van der Waals surface area (Å²) in [6, 6.07) is 0.485. The van der Waals surface area contributed by atoms with Gasteiger partial charge in [-0.3, -0.25) is 0 Å². The van der Waals surface area contributed by atoms with Crippen molar-refractivity contribution >= 4 is 5.95 Å². The van der Waals surface area contributed by atoms with E-state index >= 15 is 0 Å². The molecule has 0 atom stereocenters. The molecule has 1 saturated heterocycles. The highest BCUT2D eigenvalue weighted by Gasteiger charge is 2.18. The maximum atomic E-state index is 5.58. The molecule has 3 N–H and O–H groups in total. The highest BCUT2D eigenvalue weighted by atomic mass is 15.2. The van der Waals surface area contributed by atoms with Gasteiger partial charge in [0.05, 0.1) is 0 Å². The van der Waals surface area contributed by atoms with Crippen LogP contribution in [0.4, 0.5) is 5.95 Å². The van der Waals surface area contributed by atoms with Gasteiger partial charge in [-0.05, 0) is 24.3 Å². The van der Waals surface area contributed by atoms with Crippen LogP contribution in [0.2, 0.25) is 0 Å². The number of nitrogens with zero attached hydrogens (tertiary/aromatic N) is 3. The molecule has 0 aromatic carbocycles. The number of rotatable bonds is 5. The Hall–Kier alpha value is -1.20. The van der Waals surface area contributed by atoms with Gasteiger partial charge in [-0.25, -0.2) is 9.97 Å². The number of hydrogen-bond acceptors (Lipinski definition) is 5. The number of nitrogens with two attached hydrogens (primary N) is 1. The highest BCUT2D eigenvalue weighted by Crippen LogP contribution is 2.15. The van der Waals surface area contributed by atoms with Crippen LogP contribution in [0, 0.1) is 0 Å². The minimum atomic E-state index is 0.480. The van der Waals surface area contributed by atoms with Crippen molar-refractivity contribution in [2.75, 3.05) is 31.5 Å². The standard InChI is InChI=1S/C14H25N5/c1-11(2)12-9-16-14(17-10-12)18-13-3-6-19(7-4-13)8-5-15/h9-11,13H,3-8,15H2,1-2H3,(H,16,17,18). The average Bonchev–Trinajstić information content (AvgIpc) is 2.42. The van der Waals surface area contributed by atoms with Crippen LogP contribution in [0.5, 0.6) is 0 Å². The third kappa shape index (κ3) is 4.14. The summed E-state index contributed by atoms with van der Waals surface area (Å²) in [5.41, 5.74) is 6.76. The number of aromatic nitrogens is 2. The molecule has 1 aromatic heterocycles. The first-order valence-corrected chi connectivity index (χ1v) is 7.20. The third-order valence-electron chi connectivity index (χ3n) is 3.70. The Kier molecular flexibility index (Phi) is 5.10. The maximum Gasteiger partial charge on any atom is 0.222 e. The number of anilines is 1. The molecule has 106 valence electrons. The van der Waals surface area contributed by atoms with Gasteiger partial charge in [-0.2, -0.15) is 0 Å². The Labute approximate surface area is 115 Å². The van der Waals surface area contributed by atoms with Crippen molar-refractivity contribution in [3.63, 3.8) is 0 Å². The number of hydrogen-bond donors (Lipinski definition) is 2. The SMILES string of the molecule is CC(C)c1cnc(NC2CCN(CCN)CC2)nc1. The van der Waals surface area contributed by atoms with Gasteiger partial charge in [0.25, 0.3) is 0 Å². The van der Waals surface area contributed by atoms with Crippen molar-refractivity contribution < 1.29 is 0 Å². The topological polar surface area (TPSA) is 67.1 Å². The summed E-state index contributed by atoms with van der Waals surface area (Å²) in [5, 5.41) is 3.43. The Balaban J connectivity index is 1.82. The van der Waals surface area contributed by atoms with Gasteiger partial charge in [-0.15, -0.1) is 0 Å². The summed E-state index contributed by atoms with van der Waals surface area (Å²) in [6.07, 6.45) is 6.11. The summed E-state index contributed by atoms with van der Waals surface area (Å²) in [4.78, 5) is 11.2. The second kappa shape index (κ2) is 6.82. The second-order valence-corrected chi connectivity index (χ2v) is 5.54. The molecule has 2 heterocycles. The van der Waals surface area contributed by atoms with Crippen LogP contribution >= 0.6 is 0 Å². The van der Waals surface area contributed by atoms with Crippen LogP contribution in [0.25, 0.3) is 0 Å². The van der Waals surface area contributed by atoms with E-state index in [2.05, 4.69) is 34.0 Å². The summed E-state index contributed by atoms with van der Waals surface area (Å²) < 4.78 is 0. The van der Waals surface area contributed by atoms with E-state index in [4.69, 9.17) is 5.73 Å². The first kappa shape index (κ1) is 14.2. The average molecular weight is 263 g/mol. The summed E-state index contributed by atoms with van der Waals surface area (Å²) >= 11 is 0. The fraction of sp³-hybridized carbons (Fsp3) is 0.714. The van der Waals surface area contributed by atoms with Gasteiger partial charge in [0.1, 0.15) is 0 Å². The van der Waals surface area contributed by atoms with Crippen LogP contribution < -0.4 is 11.1 Å². The van der Waals surface area contributed by atoms with Gasteiger partial charge in [0, 0.05) is 44.6 Å². The Morgan fingerprint density at radius 1 is 1.32 bits per heavy atom. The molecule has 0 radical (unpaired) electrons. The molecule has 0 saturated carbocycles. The zero-order valence-electron chi connectivity index (χ0n) is 12.0. The molecule has 1 aliphatic rings. The van der Waals surface area contributed by atoms with Crippen LogP contribution in [-0.2, 0) is 0 Å². The van der Waals surface area contributed by atoms with Gasteiger partial charge >= 0.3 is 0 Å². The van der Waals surface area contributed by atoms with Gasteiger partial charge in [0.15, 0.2) is 0 Å². The predicted molar refractivity (Wildman–Crippen MR) is 78.3 cm³/mol. The van der Waals surface area contributed by atoms with E-state index in [0.29, 0.717) is 12.0 Å². The van der Waals surface area contributed by atoms with E-state index in [1.54, 1.807) is 0 Å². The van der Waals surface area contributed by atoms with Crippen LogP contribution in [0.15, 0.2) is 12.4 Å². The molecule has 2 rings (SSSR count). The van der Waals surface area contributed by atoms with Gasteiger partial charge < -0.3 is 16.0 Å². The molecule has 5 nitrogen and oxygen atoms in total. The van der Waals surface area contributed by atoms with Crippen molar-refractivity contribution in [3.05, 3.63) is 18.0 Å². The predicted octanol–water partition coefficient (Wildman–Crippen LogP) is 1.43. The monoisotopic (exact) mass is 263 g/mol. The Bertz CT molecular complexity index is 368. The van der Waals surface area contributed by atoms with Crippen molar-refractivity contribution in [1.29, 1.82) is 0 Å². The molecular weight excluding hydrogens is 238 g/mol. The lowest BCUT2D eigenvalue weighted by Crippen LogP contribution is -2.41. The number of likely N-dealkylation sites (tertiary alicyclic amines) is 1. The zero-order chi connectivity index (χ0) is 13.7. The third-order valence-corrected chi connectivity index (χ3v) is 3.70. The lowest BCUT2D eigenvalue weighted by Gasteiger charge is -2.31. The fourth-order valence-corrected chi connectivity index (χ4v) is 2.38. The highest BCUT2D eigenvalue weighted by molar-refractivity contribution is 5.27. The molecule has 0 spiro atoms. The first-order valence-electron chi connectivity index (χ1n) is 7.20. The lowest BCUT2D eigenvalue weighted by atomic mass is 10.1. The largest absolute Gasteiger partial charge is 0.351 e. The Morgan fingerprint density at radius 2 is 1.95 bits per heavy atom. The second-order valence-electron chi connectivity index (χ2n) is 5.54. The van der Waals surface area contributed by atoms with Crippen LogP contribution in [0.3, 0.4) is 0 Å². The summed E-state index contributed by atoms with van der Waals surface area (Å²) in [6.45, 7) is 8.28. The molecule has 0 unspecified atom stereocenters. The summed E-state index contributed by atoms with van der Waals surface area (Å²) in [5.74, 6) is 1.23. The summed E-state index contributed by atoms with van der Waals surface area (Å²) in [7, 11) is 0. The maximum absolute atomic E-state index is 5.58. The van der Waals surface area contributed by atoms with Gasteiger partial charge in [0.2, 0.25) is 5.95 Å². The normalized spacial score (nSPS) is 17.9.